The third-order valence-electron chi connectivity index (χ3n) is 23.7. The second kappa shape index (κ2) is 40.0. The van der Waals surface area contributed by atoms with Gasteiger partial charge in [-0.1, -0.05) is 131 Å². The van der Waals surface area contributed by atoms with Crippen LogP contribution >= 0.6 is 22.9 Å². The van der Waals surface area contributed by atoms with Crippen molar-refractivity contribution < 1.29 is 86.6 Å². The number of nitrogens with zero attached hydrogens (tertiary/aromatic N) is 16. The van der Waals surface area contributed by atoms with E-state index in [2.05, 4.69) is 95.2 Å². The number of benzene rings is 5. The Balaban J connectivity index is 0.000000135. The fourth-order valence-corrected chi connectivity index (χ4v) is 16.7. The first kappa shape index (κ1) is 99.8. The number of likely N-dealkylation sites (N-methyl/N-ethyl adjacent to an activating group) is 5. The number of aromatic nitrogens is 10. The lowest BCUT2D eigenvalue weighted by Gasteiger charge is -2.13. The lowest BCUT2D eigenvalue weighted by atomic mass is 10.0. The van der Waals surface area contributed by atoms with Crippen LogP contribution in [0, 0.1) is 70.5 Å². The molecular formula is C102H83ClF3N21O15S. The summed E-state index contributed by atoms with van der Waals surface area (Å²) in [5, 5.41) is 63.8. The van der Waals surface area contributed by atoms with Gasteiger partial charge in [0.1, 0.15) is 17.7 Å². The first-order chi connectivity index (χ1) is 67.9. The number of rotatable bonds is 10. The number of nitriles is 1. The average molecular weight is 1970 g/mol. The number of aliphatic hydroxyl groups is 5. The minimum absolute atomic E-state index is 0.0685. The molecule has 5 aliphatic rings. The molecule has 143 heavy (non-hydrogen) atoms. The SMILES string of the molecule is CN1CC[C@@](O)(C#Cc2cccc(-c3csc(C(N)=O)n3)c2)C1=O.CN1CC[C@@](O)(C#Cc2cccc(-c3nc(C(N)=O)c4ccc(C#N)cn34)c2)C1=O.CN1CC[C@@](O)(C#Cc2cccc(-c3nc(C(N)=O)c4ccc(C(F)(F)F)cn34)c2)C1=O.CN1CC[C@@](O)(C#Cc2cccc(-c3nc(C(N)=O)n4cc(Cl)ccc34)c2)C1=O.CN1CC[C@@](O)(C#Cc2cccc(-c3nc(C(N)=O)n4ccncc34)c2)C1=O. The van der Waals surface area contributed by atoms with Crippen molar-refractivity contribution >= 4 is 104 Å². The maximum Gasteiger partial charge on any atom is 0.417 e. The van der Waals surface area contributed by atoms with E-state index < -0.39 is 92.9 Å². The van der Waals surface area contributed by atoms with E-state index in [4.69, 9.17) is 40.3 Å². The molecule has 5 aromatic carbocycles. The molecule has 5 aliphatic heterocycles. The summed E-state index contributed by atoms with van der Waals surface area (Å²) in [5.41, 5.74) is 27.6. The maximum absolute atomic E-state index is 13.2. The van der Waals surface area contributed by atoms with E-state index in [1.807, 2.05) is 18.2 Å². The van der Waals surface area contributed by atoms with Gasteiger partial charge in [0.05, 0.1) is 61.5 Å². The smallest absolute Gasteiger partial charge is 0.369 e. The summed E-state index contributed by atoms with van der Waals surface area (Å²) in [5.74, 6) is 22.7. The first-order valence-corrected chi connectivity index (χ1v) is 44.7. The van der Waals surface area contributed by atoms with Gasteiger partial charge in [0, 0.05) is 192 Å². The van der Waals surface area contributed by atoms with E-state index in [-0.39, 0.29) is 71.0 Å². The van der Waals surface area contributed by atoms with Crippen molar-refractivity contribution in [2.45, 2.75) is 66.3 Å². The Labute approximate surface area is 820 Å². The Morgan fingerprint density at radius 3 is 1.13 bits per heavy atom. The van der Waals surface area contributed by atoms with E-state index >= 15 is 0 Å². The molecule has 19 rings (SSSR count). The van der Waals surface area contributed by atoms with Crippen LogP contribution in [0.4, 0.5) is 13.2 Å². The van der Waals surface area contributed by atoms with E-state index in [1.54, 1.807) is 212 Å². The fraction of sp³-hybridized carbons (Fsp3) is 0.206. The van der Waals surface area contributed by atoms with E-state index in [1.165, 1.54) is 35.8 Å². The number of hydrogen-bond donors (Lipinski definition) is 10. The molecule has 41 heteroatoms. The Morgan fingerprint density at radius 2 is 0.762 bits per heavy atom. The molecule has 9 aromatic heterocycles. The highest BCUT2D eigenvalue weighted by molar-refractivity contribution is 7.12. The predicted octanol–water partition coefficient (Wildman–Crippen LogP) is 5.97. The maximum atomic E-state index is 13.2. The van der Waals surface area contributed by atoms with Crippen LogP contribution in [-0.2, 0) is 30.1 Å². The number of hydrogen-bond acceptors (Lipinski definition) is 23. The average Bonchev–Trinajstić information content (AvgIpc) is 1.63. The van der Waals surface area contributed by atoms with Gasteiger partial charge in [-0.05, 0) is 97.1 Å². The number of thiazole rings is 1. The number of likely N-dealkylation sites (tertiary alicyclic amines) is 5. The molecule has 5 atom stereocenters. The number of halogens is 4. The highest BCUT2D eigenvalue weighted by Gasteiger charge is 2.47. The summed E-state index contributed by atoms with van der Waals surface area (Å²) in [6.45, 7) is 2.23. The van der Waals surface area contributed by atoms with Crippen LogP contribution in [0.25, 0.3) is 78.6 Å². The Hall–Kier alpha value is -17.7. The fourth-order valence-electron chi connectivity index (χ4n) is 15.9. The molecule has 36 nitrogen and oxygen atoms in total. The largest absolute Gasteiger partial charge is 0.417 e. The first-order valence-electron chi connectivity index (χ1n) is 43.4. The van der Waals surface area contributed by atoms with Crippen LogP contribution in [0.15, 0.2) is 200 Å². The Bertz CT molecular complexity index is 8070. The predicted molar refractivity (Wildman–Crippen MR) is 516 cm³/mol. The molecule has 0 bridgehead atoms. The van der Waals surface area contributed by atoms with Crippen LogP contribution in [0.3, 0.4) is 0 Å². The number of nitrogens with two attached hydrogens (primary N) is 5. The van der Waals surface area contributed by atoms with Crippen LogP contribution < -0.4 is 28.7 Å². The molecule has 10 amide bonds. The Morgan fingerprint density at radius 1 is 0.406 bits per heavy atom. The van der Waals surface area contributed by atoms with Crippen LogP contribution in [0.1, 0.15) is 123 Å². The number of primary amides is 5. The zero-order valence-electron chi connectivity index (χ0n) is 76.4. The molecule has 5 saturated heterocycles. The standard InChI is InChI=1S/C22H17F3N4O3.C22H17N5O3.C21H17ClN4O3.C20H17N5O3.C17H15N3O3S/c1-28-10-9-21(32,20(28)31)8-7-13-3-2-4-14(11-13)19-27-17(18(26)30)16-6-5-15(12-29(16)19)22(23,24)25;1-26-10-9-22(30,21(26)29)8-7-14-3-2-4-16(11-14)20-25-18(19(24)28)17-6-5-15(12-23)13-27(17)20;1-25-10-9-21(29,20(25)28)8-7-13-3-2-4-14(11-13)17-16-6-5-15(22)12-26(16)19(24-17)18(23)27;1-24-9-7-20(28,19(24)27)6-5-13-3-2-4-14(11-13)16-15-12-22-8-10-25(15)18(23-16)17(21)26;1-20-8-7-17(23,16(20)22)6-5-11-3-2-4-12(9-11)13-10-24-15(19-13)14(18)21/h2-6,11-12,32H,9-10H2,1H3,(H2,26,30);2-6,11,13,30H,9-10H2,1H3,(H2,24,28);2-6,11-12,29H,9-10H2,1H3,(H2,23,27);2-4,8,10-12,28H,7,9H2,1H3,(H2,21,26);2-4,9-10,23H,7-8H2,1H3,(H2,18,21)/t21-;22-;21-;20-;17-/m00000/s1. The minimum Gasteiger partial charge on any atom is -0.369 e. The van der Waals surface area contributed by atoms with Crippen molar-refractivity contribution in [2.75, 3.05) is 68.0 Å². The third kappa shape index (κ3) is 21.0. The van der Waals surface area contributed by atoms with Gasteiger partial charge in [-0.15, -0.1) is 11.3 Å². The molecule has 0 unspecified atom stereocenters. The molecule has 0 spiro atoms. The van der Waals surface area contributed by atoms with Gasteiger partial charge in [0.15, 0.2) is 16.4 Å². The van der Waals surface area contributed by atoms with E-state index in [0.29, 0.717) is 139 Å². The van der Waals surface area contributed by atoms with Crippen molar-refractivity contribution in [2.24, 2.45) is 28.7 Å². The number of alkyl halides is 3. The number of carbonyl (C=O) groups excluding carboxylic acids is 10. The van der Waals surface area contributed by atoms with Crippen molar-refractivity contribution in [1.29, 1.82) is 5.26 Å². The molecule has 720 valence electrons. The second-order valence-corrected chi connectivity index (χ2v) is 35.0. The van der Waals surface area contributed by atoms with Crippen molar-refractivity contribution in [1.82, 2.24) is 72.0 Å². The molecule has 14 aromatic rings. The molecule has 0 radical (unpaired) electrons. The van der Waals surface area contributed by atoms with Crippen LogP contribution in [-0.4, -0.2) is 253 Å². The van der Waals surface area contributed by atoms with Crippen molar-refractivity contribution in [3.8, 4) is 122 Å². The van der Waals surface area contributed by atoms with Crippen LogP contribution in [0.2, 0.25) is 5.02 Å². The van der Waals surface area contributed by atoms with Gasteiger partial charge in [-0.2, -0.15) is 18.4 Å². The summed E-state index contributed by atoms with van der Waals surface area (Å²) in [6, 6.07) is 45.6. The molecule has 0 saturated carbocycles. The summed E-state index contributed by atoms with van der Waals surface area (Å²) in [7, 11) is 8.10. The monoisotopic (exact) mass is 1970 g/mol. The number of carbonyl (C=O) groups is 10. The quantitative estimate of drug-likeness (QED) is 0.0705. The minimum atomic E-state index is -4.59. The highest BCUT2D eigenvalue weighted by Crippen LogP contribution is 2.36. The topological polar surface area (TPSA) is 537 Å². The number of amides is 10. The van der Waals surface area contributed by atoms with Gasteiger partial charge < -0.3 is 78.7 Å². The second-order valence-electron chi connectivity index (χ2n) is 33.7. The number of fused-ring (bicyclic) bond motifs is 4. The summed E-state index contributed by atoms with van der Waals surface area (Å²) in [4.78, 5) is 151. The number of pyridine rings is 3. The lowest BCUT2D eigenvalue weighted by molar-refractivity contribution is -0.138. The van der Waals surface area contributed by atoms with Crippen molar-refractivity contribution in [3.63, 3.8) is 0 Å². The summed E-state index contributed by atoms with van der Waals surface area (Å²) in [6.07, 6.45) is 5.43. The van der Waals surface area contributed by atoms with E-state index in [0.717, 1.165) is 28.3 Å². The van der Waals surface area contributed by atoms with Gasteiger partial charge in [-0.25, -0.2) is 24.9 Å². The number of imidazole rings is 4. The zero-order valence-corrected chi connectivity index (χ0v) is 78.0. The molecule has 0 aliphatic carbocycles. The molecule has 5 fully saturated rings. The lowest BCUT2D eigenvalue weighted by Crippen LogP contribution is -2.37. The summed E-state index contributed by atoms with van der Waals surface area (Å²) >= 11 is 7.22. The third-order valence-corrected chi connectivity index (χ3v) is 24.8. The van der Waals surface area contributed by atoms with Gasteiger partial charge in [0.25, 0.3) is 59.1 Å². The molecule has 15 N–H and O–H groups in total. The van der Waals surface area contributed by atoms with Crippen molar-refractivity contribution in [3.05, 3.63) is 272 Å². The zero-order chi connectivity index (χ0) is 103. The summed E-state index contributed by atoms with van der Waals surface area (Å²) < 4.78 is 45.6. The highest BCUT2D eigenvalue weighted by atomic mass is 35.5. The van der Waals surface area contributed by atoms with Crippen LogP contribution in [0.5, 0.6) is 0 Å². The van der Waals surface area contributed by atoms with Gasteiger partial charge in [0.2, 0.25) is 39.7 Å². The van der Waals surface area contributed by atoms with E-state index in [9.17, 15) is 91.9 Å². The molecule has 14 heterocycles. The molecular weight excluding hydrogens is 1880 g/mol. The normalized spacial score (nSPS) is 18.8. The Kier molecular flexibility index (Phi) is 27.9. The van der Waals surface area contributed by atoms with Gasteiger partial charge >= 0.3 is 6.18 Å². The van der Waals surface area contributed by atoms with Gasteiger partial charge in [-0.3, -0.25) is 70.5 Å².